The van der Waals surface area contributed by atoms with Gasteiger partial charge in [-0.2, -0.15) is 8.78 Å². The normalized spacial score (nSPS) is 10.8. The van der Waals surface area contributed by atoms with Crippen LogP contribution in [0.4, 0.5) is 8.78 Å². The second-order valence-corrected chi connectivity index (χ2v) is 6.41. The van der Waals surface area contributed by atoms with Crippen molar-refractivity contribution in [3.8, 4) is 33.8 Å². The van der Waals surface area contributed by atoms with E-state index in [1.165, 1.54) is 6.07 Å². The van der Waals surface area contributed by atoms with Gasteiger partial charge in [0.05, 0.1) is 0 Å². The van der Waals surface area contributed by atoms with Gasteiger partial charge in [0.2, 0.25) is 0 Å². The molecule has 0 amide bonds. The van der Waals surface area contributed by atoms with Gasteiger partial charge in [-0.1, -0.05) is 53.4 Å². The molecule has 1 N–H and O–H groups in total. The average molecular weight is 423 g/mol. The van der Waals surface area contributed by atoms with Gasteiger partial charge in [-0.3, -0.25) is 0 Å². The summed E-state index contributed by atoms with van der Waals surface area (Å²) in [5, 5.41) is 15.9. The molecule has 0 spiro atoms. The van der Waals surface area contributed by atoms with Crippen molar-refractivity contribution in [2.75, 3.05) is 0 Å². The molecular weight excluding hydrogens is 408 g/mol. The lowest BCUT2D eigenvalue weighted by atomic mass is 10.0. The molecule has 0 radical (unpaired) electrons. The van der Waals surface area contributed by atoms with Crippen LogP contribution in [0.25, 0.3) is 22.3 Å². The molecule has 31 heavy (non-hydrogen) atoms. The highest BCUT2D eigenvalue weighted by atomic mass is 19.3. The topological polar surface area (TPSA) is 86.5 Å². The van der Waals surface area contributed by atoms with E-state index in [4.69, 9.17) is 9.94 Å². The molecule has 0 saturated heterocycles. The molecule has 0 fully saturated rings. The van der Waals surface area contributed by atoms with Crippen LogP contribution in [0.2, 0.25) is 0 Å². The highest BCUT2D eigenvalue weighted by Crippen LogP contribution is 2.28. The van der Waals surface area contributed by atoms with E-state index in [0.29, 0.717) is 5.75 Å². The quantitative estimate of drug-likeness (QED) is 0.462. The second-order valence-electron chi connectivity index (χ2n) is 6.41. The number of aromatic nitrogens is 3. The van der Waals surface area contributed by atoms with E-state index in [9.17, 15) is 13.6 Å². The molecule has 3 aromatic carbocycles. The maximum atomic E-state index is 12.4. The van der Waals surface area contributed by atoms with E-state index in [2.05, 4.69) is 15.0 Å². The molecule has 0 bridgehead atoms. The number of carbonyl (C=O) groups is 1. The molecule has 4 rings (SSSR count). The van der Waals surface area contributed by atoms with E-state index < -0.39 is 12.6 Å². The van der Waals surface area contributed by atoms with Crippen molar-refractivity contribution in [3.63, 3.8) is 0 Å². The molecule has 0 aliphatic carbocycles. The lowest BCUT2D eigenvalue weighted by molar-refractivity contribution is -0.0498. The molecule has 0 unspecified atom stereocenters. The summed E-state index contributed by atoms with van der Waals surface area (Å²) in [6.07, 6.45) is 1.16. The molecule has 7 nitrogen and oxygen atoms in total. The Bertz CT molecular complexity index is 1190. The molecule has 4 aromatic rings. The van der Waals surface area contributed by atoms with E-state index in [1.807, 2.05) is 42.5 Å². The summed E-state index contributed by atoms with van der Waals surface area (Å²) < 4.78 is 29.3. The van der Waals surface area contributed by atoms with E-state index >= 15 is 0 Å². The highest BCUT2D eigenvalue weighted by molar-refractivity contribution is 5.84. The lowest BCUT2D eigenvalue weighted by Gasteiger charge is -2.09. The van der Waals surface area contributed by atoms with Gasteiger partial charge in [-0.05, 0) is 51.7 Å². The van der Waals surface area contributed by atoms with Gasteiger partial charge in [-0.15, -0.1) is 5.10 Å². The first-order valence-electron chi connectivity index (χ1n) is 9.08. The smallest absolute Gasteiger partial charge is 0.387 e. The van der Waals surface area contributed by atoms with Crippen molar-refractivity contribution in [2.45, 2.75) is 6.61 Å². The predicted molar refractivity (Wildman–Crippen MR) is 107 cm³/mol. The van der Waals surface area contributed by atoms with Gasteiger partial charge in [0.25, 0.3) is 0 Å². The zero-order valence-electron chi connectivity index (χ0n) is 15.9. The number of benzene rings is 3. The third-order valence-electron chi connectivity index (χ3n) is 4.36. The van der Waals surface area contributed by atoms with Crippen LogP contribution >= 0.6 is 0 Å². The van der Waals surface area contributed by atoms with Gasteiger partial charge in [0.15, 0.2) is 11.4 Å². The van der Waals surface area contributed by atoms with Gasteiger partial charge in [0, 0.05) is 0 Å². The van der Waals surface area contributed by atoms with Gasteiger partial charge in [-0.25, -0.2) is 4.79 Å². The Balaban J connectivity index is 1.47. The zero-order chi connectivity index (χ0) is 21.8. The minimum Gasteiger partial charge on any atom is -0.476 e. The lowest BCUT2D eigenvalue weighted by Crippen LogP contribution is -2.05. The standard InChI is InChI=1S/C22H15F2N3O4/c23-22(24)30-19-3-1-2-17(12-19)16-6-4-14(5-7-16)15-8-10-18(11-9-15)31-27-13-20(21(28)29)25-26-27/h1-13,22H,(H,28,29). The molecule has 1 aromatic heterocycles. The molecule has 0 saturated carbocycles. The molecule has 0 atom stereocenters. The summed E-state index contributed by atoms with van der Waals surface area (Å²) >= 11 is 0. The maximum Gasteiger partial charge on any atom is 0.387 e. The Morgan fingerprint density at radius 3 is 2.06 bits per heavy atom. The third kappa shape index (κ3) is 4.84. The molecular formula is C22H15F2N3O4. The molecule has 0 aliphatic heterocycles. The SMILES string of the molecule is O=C(O)c1cn(Oc2ccc(-c3ccc(-c4cccc(OC(F)F)c4)cc3)cc2)nn1. The van der Waals surface area contributed by atoms with Crippen LogP contribution in [0.1, 0.15) is 10.5 Å². The minimum absolute atomic E-state index is 0.107. The summed E-state index contributed by atoms with van der Waals surface area (Å²) in [4.78, 5) is 17.2. The Labute approximate surface area is 175 Å². The van der Waals surface area contributed by atoms with Crippen LogP contribution in [0, 0.1) is 0 Å². The number of ether oxygens (including phenoxy) is 1. The summed E-state index contributed by atoms with van der Waals surface area (Å²) in [5.41, 5.74) is 3.29. The Hall–Kier alpha value is -4.27. The van der Waals surface area contributed by atoms with Crippen molar-refractivity contribution in [2.24, 2.45) is 0 Å². The molecule has 9 heteroatoms. The number of carboxylic acid groups (broad SMARTS) is 1. The fourth-order valence-corrected chi connectivity index (χ4v) is 2.91. The van der Waals surface area contributed by atoms with E-state index in [-0.39, 0.29) is 11.4 Å². The summed E-state index contributed by atoms with van der Waals surface area (Å²) in [7, 11) is 0. The fourth-order valence-electron chi connectivity index (χ4n) is 2.91. The largest absolute Gasteiger partial charge is 0.476 e. The Kier molecular flexibility index (Phi) is 5.57. The fraction of sp³-hybridized carbons (Fsp3) is 0.0455. The molecule has 0 aliphatic rings. The summed E-state index contributed by atoms with van der Waals surface area (Å²) in [5.74, 6) is -0.630. The summed E-state index contributed by atoms with van der Waals surface area (Å²) in [6.45, 7) is -2.87. The van der Waals surface area contributed by atoms with Crippen LogP contribution in [0.5, 0.6) is 11.5 Å². The van der Waals surface area contributed by atoms with Crippen LogP contribution in [-0.4, -0.2) is 32.8 Å². The first-order chi connectivity index (χ1) is 15.0. The second kappa shape index (κ2) is 8.62. The Morgan fingerprint density at radius 1 is 0.871 bits per heavy atom. The third-order valence-corrected chi connectivity index (χ3v) is 4.36. The summed E-state index contributed by atoms with van der Waals surface area (Å²) in [6, 6.07) is 21.3. The van der Waals surface area contributed by atoms with Crippen molar-refractivity contribution < 1.29 is 28.3 Å². The number of hydrogen-bond acceptors (Lipinski definition) is 5. The number of alkyl halides is 2. The van der Waals surface area contributed by atoms with Gasteiger partial charge in [0.1, 0.15) is 11.9 Å². The van der Waals surface area contributed by atoms with Crippen LogP contribution in [-0.2, 0) is 0 Å². The maximum absolute atomic E-state index is 12.4. The number of hydrogen-bond donors (Lipinski definition) is 1. The van der Waals surface area contributed by atoms with Crippen molar-refractivity contribution in [3.05, 3.63) is 84.7 Å². The number of aromatic carboxylic acids is 1. The number of nitrogens with zero attached hydrogens (tertiary/aromatic N) is 3. The van der Waals surface area contributed by atoms with E-state index in [0.717, 1.165) is 33.3 Å². The number of carboxylic acids is 1. The van der Waals surface area contributed by atoms with E-state index in [1.54, 1.807) is 24.3 Å². The van der Waals surface area contributed by atoms with Crippen molar-refractivity contribution >= 4 is 5.97 Å². The number of rotatable bonds is 7. The van der Waals surface area contributed by atoms with Crippen molar-refractivity contribution in [1.82, 2.24) is 15.2 Å². The van der Waals surface area contributed by atoms with Crippen LogP contribution in [0.3, 0.4) is 0 Å². The minimum atomic E-state index is -2.87. The first-order valence-corrected chi connectivity index (χ1v) is 9.08. The van der Waals surface area contributed by atoms with Crippen LogP contribution in [0.15, 0.2) is 79.0 Å². The predicted octanol–water partition coefficient (Wildman–Crippen LogP) is 4.75. The highest BCUT2D eigenvalue weighted by Gasteiger charge is 2.10. The first kappa shape index (κ1) is 20.0. The monoisotopic (exact) mass is 423 g/mol. The van der Waals surface area contributed by atoms with Crippen LogP contribution < -0.4 is 9.57 Å². The number of halogens is 2. The van der Waals surface area contributed by atoms with Gasteiger partial charge >= 0.3 is 12.6 Å². The zero-order valence-corrected chi connectivity index (χ0v) is 15.9. The average Bonchev–Trinajstić information content (AvgIpc) is 3.23. The van der Waals surface area contributed by atoms with Crippen molar-refractivity contribution in [1.29, 1.82) is 0 Å². The molecule has 156 valence electrons. The van der Waals surface area contributed by atoms with Gasteiger partial charge < -0.3 is 14.7 Å². The molecule has 1 heterocycles. The Morgan fingerprint density at radius 2 is 1.48 bits per heavy atom.